The van der Waals surface area contributed by atoms with E-state index in [0.717, 1.165) is 17.7 Å². The van der Waals surface area contributed by atoms with E-state index in [0.29, 0.717) is 0 Å². The predicted molar refractivity (Wildman–Crippen MR) is 76.4 cm³/mol. The number of nitrogens with zero attached hydrogens (tertiary/aromatic N) is 3. The van der Waals surface area contributed by atoms with Crippen molar-refractivity contribution in [2.75, 3.05) is 7.05 Å². The molecule has 0 aromatic rings. The van der Waals surface area contributed by atoms with E-state index in [-0.39, 0.29) is 6.17 Å². The number of aliphatic imine (C=N–C) groups is 2. The van der Waals surface area contributed by atoms with Crippen LogP contribution in [0.1, 0.15) is 13.3 Å². The number of allylic oxidation sites excluding steroid dienone is 5. The lowest BCUT2D eigenvalue weighted by atomic mass is 10.0. The first-order valence-corrected chi connectivity index (χ1v) is 5.96. The second-order valence-electron chi connectivity index (χ2n) is 4.21. The smallest absolute Gasteiger partial charge is 0.159 e. The molecule has 18 heavy (non-hydrogen) atoms. The lowest BCUT2D eigenvalue weighted by Crippen LogP contribution is -2.34. The van der Waals surface area contributed by atoms with Crippen molar-refractivity contribution in [2.45, 2.75) is 19.5 Å². The van der Waals surface area contributed by atoms with Gasteiger partial charge in [0.25, 0.3) is 0 Å². The van der Waals surface area contributed by atoms with Crippen LogP contribution in [-0.4, -0.2) is 30.3 Å². The van der Waals surface area contributed by atoms with Gasteiger partial charge in [0.15, 0.2) is 6.17 Å². The fourth-order valence-electron chi connectivity index (χ4n) is 1.89. The Morgan fingerprint density at radius 1 is 1.67 bits per heavy atom. The summed E-state index contributed by atoms with van der Waals surface area (Å²) in [6.45, 7) is 5.82. The molecule has 0 bridgehead atoms. The predicted octanol–water partition coefficient (Wildman–Crippen LogP) is 2.21. The number of rotatable bonds is 4. The summed E-state index contributed by atoms with van der Waals surface area (Å²) in [4.78, 5) is 8.50. The fourth-order valence-corrected chi connectivity index (χ4v) is 1.89. The third-order valence-electron chi connectivity index (χ3n) is 2.92. The van der Waals surface area contributed by atoms with Crippen molar-refractivity contribution in [3.63, 3.8) is 0 Å². The van der Waals surface area contributed by atoms with E-state index in [9.17, 15) is 0 Å². The highest BCUT2D eigenvalue weighted by molar-refractivity contribution is 5.97. The van der Waals surface area contributed by atoms with Crippen molar-refractivity contribution in [1.82, 2.24) is 10.4 Å². The molecule has 0 fully saturated rings. The van der Waals surface area contributed by atoms with Crippen LogP contribution in [0.5, 0.6) is 0 Å². The Hall–Kier alpha value is -2.10. The molecule has 2 rings (SSSR count). The molecule has 0 aliphatic carbocycles. The summed E-state index contributed by atoms with van der Waals surface area (Å²) in [6.07, 6.45) is 12.8. The first-order chi connectivity index (χ1) is 8.74. The molecular weight excluding hydrogens is 224 g/mol. The molecule has 1 N–H and O–H groups in total. The van der Waals surface area contributed by atoms with Crippen LogP contribution in [0.15, 0.2) is 58.2 Å². The lowest BCUT2D eigenvalue weighted by molar-refractivity contribution is 0.313. The zero-order valence-electron chi connectivity index (χ0n) is 10.8. The Morgan fingerprint density at radius 3 is 3.22 bits per heavy atom. The SMILES string of the molecule is C=CCC(/C=C(\C)C1=CN2NC=NC2C=C1)=NC. The van der Waals surface area contributed by atoms with Crippen LogP contribution in [0.2, 0.25) is 0 Å². The fraction of sp³-hybridized carbons (Fsp3) is 0.286. The highest BCUT2D eigenvalue weighted by Gasteiger charge is 2.19. The van der Waals surface area contributed by atoms with Crippen LogP contribution in [0.25, 0.3) is 0 Å². The van der Waals surface area contributed by atoms with E-state index >= 15 is 0 Å². The van der Waals surface area contributed by atoms with Gasteiger partial charge in [0, 0.05) is 25.4 Å². The first kappa shape index (κ1) is 12.4. The molecule has 0 radical (unpaired) electrons. The van der Waals surface area contributed by atoms with E-state index in [4.69, 9.17) is 0 Å². The quantitative estimate of drug-likeness (QED) is 0.606. The van der Waals surface area contributed by atoms with E-state index in [1.54, 1.807) is 13.4 Å². The average Bonchev–Trinajstić information content (AvgIpc) is 2.85. The Kier molecular flexibility index (Phi) is 3.77. The molecular formula is C14H18N4. The molecule has 2 heterocycles. The summed E-state index contributed by atoms with van der Waals surface area (Å²) in [6, 6.07) is 0. The van der Waals surface area contributed by atoms with Crippen molar-refractivity contribution < 1.29 is 0 Å². The second kappa shape index (κ2) is 5.49. The molecule has 1 unspecified atom stereocenters. The van der Waals surface area contributed by atoms with E-state index in [1.165, 1.54) is 5.57 Å². The summed E-state index contributed by atoms with van der Waals surface area (Å²) >= 11 is 0. The van der Waals surface area contributed by atoms with Crippen LogP contribution in [0, 0.1) is 0 Å². The average molecular weight is 242 g/mol. The van der Waals surface area contributed by atoms with Gasteiger partial charge in [-0.25, -0.2) is 4.99 Å². The molecule has 4 heteroatoms. The maximum Gasteiger partial charge on any atom is 0.159 e. The van der Waals surface area contributed by atoms with Crippen molar-refractivity contribution >= 4 is 12.1 Å². The lowest BCUT2D eigenvalue weighted by Gasteiger charge is -2.23. The molecule has 94 valence electrons. The number of nitrogens with one attached hydrogen (secondary N) is 1. The van der Waals surface area contributed by atoms with Gasteiger partial charge in [0.2, 0.25) is 0 Å². The second-order valence-corrected chi connectivity index (χ2v) is 4.21. The molecule has 0 aromatic heterocycles. The Balaban J connectivity index is 2.15. The van der Waals surface area contributed by atoms with E-state index in [1.807, 2.05) is 11.1 Å². The summed E-state index contributed by atoms with van der Waals surface area (Å²) in [5.41, 5.74) is 6.45. The zero-order valence-corrected chi connectivity index (χ0v) is 10.8. The van der Waals surface area contributed by atoms with Crippen molar-refractivity contribution in [1.29, 1.82) is 0 Å². The molecule has 0 saturated carbocycles. The van der Waals surface area contributed by atoms with Gasteiger partial charge >= 0.3 is 0 Å². The van der Waals surface area contributed by atoms with E-state index < -0.39 is 0 Å². The molecule has 2 aliphatic rings. The van der Waals surface area contributed by atoms with Crippen LogP contribution in [-0.2, 0) is 0 Å². The van der Waals surface area contributed by atoms with Gasteiger partial charge in [0.05, 0.1) is 0 Å². The van der Waals surface area contributed by atoms with Crippen molar-refractivity contribution in [3.05, 3.63) is 48.2 Å². The normalized spacial score (nSPS) is 22.7. The number of hydrogen-bond donors (Lipinski definition) is 1. The Labute approximate surface area is 108 Å². The summed E-state index contributed by atoms with van der Waals surface area (Å²) in [5.74, 6) is 0. The third-order valence-corrected chi connectivity index (χ3v) is 2.92. The maximum absolute atomic E-state index is 4.26. The van der Waals surface area contributed by atoms with Gasteiger partial charge in [-0.1, -0.05) is 12.2 Å². The topological polar surface area (TPSA) is 40.0 Å². The molecule has 0 saturated heterocycles. The molecule has 4 nitrogen and oxygen atoms in total. The molecule has 1 atom stereocenters. The van der Waals surface area contributed by atoms with Gasteiger partial charge in [-0.05, 0) is 30.2 Å². The van der Waals surface area contributed by atoms with Gasteiger partial charge in [0.1, 0.15) is 6.34 Å². The van der Waals surface area contributed by atoms with Gasteiger partial charge in [-0.3, -0.25) is 15.4 Å². The molecule has 0 amide bonds. The number of hydrazine groups is 1. The Bertz CT molecular complexity index is 480. The summed E-state index contributed by atoms with van der Waals surface area (Å²) in [5, 5.41) is 1.98. The molecule has 0 aromatic carbocycles. The first-order valence-electron chi connectivity index (χ1n) is 5.96. The van der Waals surface area contributed by atoms with Crippen LogP contribution < -0.4 is 5.43 Å². The number of fused-ring (bicyclic) bond motifs is 1. The third kappa shape index (κ3) is 2.59. The van der Waals surface area contributed by atoms with Crippen LogP contribution in [0.3, 0.4) is 0 Å². The van der Waals surface area contributed by atoms with E-state index in [2.05, 4.69) is 53.3 Å². The standard InChI is InChI=1S/C14H18N4/c1-4-5-13(15-3)8-11(2)12-6-7-14-16-10-17-18(14)9-12/h4,6-10,14H,1,5H2,2-3H3,(H,16,17)/b11-8+,15-13?. The molecule has 2 aliphatic heterocycles. The minimum absolute atomic E-state index is 0.0917. The van der Waals surface area contributed by atoms with Crippen LogP contribution in [0.4, 0.5) is 0 Å². The van der Waals surface area contributed by atoms with Crippen molar-refractivity contribution in [2.24, 2.45) is 9.98 Å². The van der Waals surface area contributed by atoms with Crippen LogP contribution >= 0.6 is 0 Å². The molecule has 0 spiro atoms. The van der Waals surface area contributed by atoms with Gasteiger partial charge in [-0.15, -0.1) is 6.58 Å². The van der Waals surface area contributed by atoms with Gasteiger partial charge < -0.3 is 0 Å². The minimum Gasteiger partial charge on any atom is -0.293 e. The van der Waals surface area contributed by atoms with Crippen molar-refractivity contribution in [3.8, 4) is 0 Å². The summed E-state index contributed by atoms with van der Waals surface area (Å²) in [7, 11) is 1.81. The maximum atomic E-state index is 4.26. The highest BCUT2D eigenvalue weighted by Crippen LogP contribution is 2.20. The van der Waals surface area contributed by atoms with Gasteiger partial charge in [-0.2, -0.15) is 0 Å². The number of hydrogen-bond acceptors (Lipinski definition) is 4. The largest absolute Gasteiger partial charge is 0.293 e. The minimum atomic E-state index is 0.0917. The highest BCUT2D eigenvalue weighted by atomic mass is 15.6. The zero-order chi connectivity index (χ0) is 13.0. The Morgan fingerprint density at radius 2 is 2.50 bits per heavy atom. The monoisotopic (exact) mass is 242 g/mol. The summed E-state index contributed by atoms with van der Waals surface area (Å²) < 4.78 is 0.